The number of anilines is 1. The number of hydrogen-bond donors (Lipinski definition) is 2. The smallest absolute Gasteiger partial charge is 0.252 e. The van der Waals surface area contributed by atoms with E-state index >= 15 is 0 Å². The number of carbonyl (C=O) groups excluding carboxylic acids is 1. The molecule has 2 heterocycles. The molecule has 25 heavy (non-hydrogen) atoms. The molecule has 0 aromatic carbocycles. The second kappa shape index (κ2) is 7.58. The Morgan fingerprint density at radius 2 is 2.12 bits per heavy atom. The van der Waals surface area contributed by atoms with Gasteiger partial charge in [-0.2, -0.15) is 0 Å². The summed E-state index contributed by atoms with van der Waals surface area (Å²) in [5.41, 5.74) is 13.2. The first kappa shape index (κ1) is 18.8. The third kappa shape index (κ3) is 4.12. The lowest BCUT2D eigenvalue weighted by atomic mass is 9.98. The molecule has 2 rings (SSSR count). The quantitative estimate of drug-likeness (QED) is 0.812. The highest BCUT2D eigenvalue weighted by molar-refractivity contribution is 6.11. The van der Waals surface area contributed by atoms with Crippen LogP contribution >= 0.6 is 0 Å². The van der Waals surface area contributed by atoms with Crippen LogP contribution in [0.4, 0.5) is 14.6 Å². The molecule has 4 N–H and O–H groups in total. The Balaban J connectivity index is 2.49. The van der Waals surface area contributed by atoms with Gasteiger partial charge in [0, 0.05) is 62.7 Å². The molecular weight excluding hydrogens is 328 g/mol. The summed E-state index contributed by atoms with van der Waals surface area (Å²) in [7, 11) is 1.60. The molecule has 0 aliphatic carbocycles. The molecule has 136 valence electrons. The van der Waals surface area contributed by atoms with E-state index in [1.807, 2.05) is 0 Å². The van der Waals surface area contributed by atoms with Crippen molar-refractivity contribution in [1.29, 1.82) is 0 Å². The summed E-state index contributed by atoms with van der Waals surface area (Å²) in [6.07, 6.45) is 4.38. The zero-order valence-electron chi connectivity index (χ0n) is 14.4. The summed E-state index contributed by atoms with van der Waals surface area (Å²) in [6, 6.07) is 0. The molecule has 6 nitrogen and oxygen atoms in total. The lowest BCUT2D eigenvalue weighted by Gasteiger charge is -2.25. The second-order valence-electron chi connectivity index (χ2n) is 6.07. The number of alkyl halides is 2. The fraction of sp³-hybridized carbons (Fsp3) is 0.471. The number of aliphatic imine (C=N–C) groups is 1. The SMILES string of the molecule is CN=C/C(=C\N)c1cnc(N2CCCC(F)(F)CC2)c(C(N)=O)c1C. The summed E-state index contributed by atoms with van der Waals surface area (Å²) in [5.74, 6) is -3.00. The van der Waals surface area contributed by atoms with E-state index in [1.165, 1.54) is 6.20 Å². The molecule has 0 spiro atoms. The predicted molar refractivity (Wildman–Crippen MR) is 95.1 cm³/mol. The summed E-state index contributed by atoms with van der Waals surface area (Å²) in [4.78, 5) is 22.0. The minimum Gasteiger partial charge on any atom is -0.404 e. The van der Waals surface area contributed by atoms with E-state index < -0.39 is 11.8 Å². The van der Waals surface area contributed by atoms with Crippen molar-refractivity contribution in [3.8, 4) is 0 Å². The number of hydrogen-bond acceptors (Lipinski definition) is 5. The van der Waals surface area contributed by atoms with Crippen LogP contribution in [0, 0.1) is 6.92 Å². The van der Waals surface area contributed by atoms with Gasteiger partial charge in [0.1, 0.15) is 5.82 Å². The minimum atomic E-state index is -2.69. The number of halogens is 2. The number of nitrogens with two attached hydrogens (primary N) is 2. The Hall–Kier alpha value is -2.51. The van der Waals surface area contributed by atoms with Gasteiger partial charge in [-0.1, -0.05) is 0 Å². The number of rotatable bonds is 4. The Bertz CT molecular complexity index is 715. The molecule has 0 saturated carbocycles. The molecule has 1 saturated heterocycles. The maximum absolute atomic E-state index is 13.6. The summed E-state index contributed by atoms with van der Waals surface area (Å²) < 4.78 is 27.2. The van der Waals surface area contributed by atoms with Crippen LogP contribution in [0.15, 0.2) is 17.4 Å². The highest BCUT2D eigenvalue weighted by Gasteiger charge is 2.33. The van der Waals surface area contributed by atoms with Crippen molar-refractivity contribution in [2.75, 3.05) is 25.0 Å². The molecular formula is C17H23F2N5O. The Kier molecular flexibility index (Phi) is 5.71. The predicted octanol–water partition coefficient (Wildman–Crippen LogP) is 2.11. The maximum Gasteiger partial charge on any atom is 0.252 e. The number of amides is 1. The van der Waals surface area contributed by atoms with Crippen LogP contribution in [0.1, 0.15) is 40.7 Å². The van der Waals surface area contributed by atoms with Crippen LogP contribution in [-0.4, -0.2) is 43.2 Å². The van der Waals surface area contributed by atoms with E-state index in [-0.39, 0.29) is 24.9 Å². The molecule has 0 radical (unpaired) electrons. The van der Waals surface area contributed by atoms with E-state index in [0.29, 0.717) is 35.5 Å². The highest BCUT2D eigenvalue weighted by Crippen LogP contribution is 2.32. The van der Waals surface area contributed by atoms with Crippen molar-refractivity contribution in [3.05, 3.63) is 29.1 Å². The topological polar surface area (TPSA) is 97.6 Å². The van der Waals surface area contributed by atoms with Crippen LogP contribution in [0.5, 0.6) is 0 Å². The molecule has 1 aliphatic heterocycles. The number of aromatic nitrogens is 1. The van der Waals surface area contributed by atoms with Gasteiger partial charge in [0.2, 0.25) is 5.92 Å². The van der Waals surface area contributed by atoms with Crippen LogP contribution in [0.3, 0.4) is 0 Å². The van der Waals surface area contributed by atoms with Gasteiger partial charge in [0.15, 0.2) is 0 Å². The van der Waals surface area contributed by atoms with Crippen LogP contribution in [-0.2, 0) is 0 Å². The monoisotopic (exact) mass is 351 g/mol. The zero-order valence-corrected chi connectivity index (χ0v) is 14.4. The summed E-state index contributed by atoms with van der Waals surface area (Å²) in [5, 5.41) is 0. The van der Waals surface area contributed by atoms with Gasteiger partial charge in [-0.05, 0) is 18.9 Å². The average Bonchev–Trinajstić information content (AvgIpc) is 2.73. The lowest BCUT2D eigenvalue weighted by molar-refractivity contribution is -0.0102. The Labute approximate surface area is 145 Å². The summed E-state index contributed by atoms with van der Waals surface area (Å²) >= 11 is 0. The van der Waals surface area contributed by atoms with E-state index in [4.69, 9.17) is 11.5 Å². The molecule has 0 bridgehead atoms. The maximum atomic E-state index is 13.6. The first-order chi connectivity index (χ1) is 11.8. The van der Waals surface area contributed by atoms with E-state index in [9.17, 15) is 13.6 Å². The number of primary amides is 1. The van der Waals surface area contributed by atoms with Crippen LogP contribution in [0.25, 0.3) is 5.57 Å². The van der Waals surface area contributed by atoms with Crippen LogP contribution < -0.4 is 16.4 Å². The van der Waals surface area contributed by atoms with Crippen molar-refractivity contribution in [3.63, 3.8) is 0 Å². The van der Waals surface area contributed by atoms with Gasteiger partial charge in [-0.15, -0.1) is 0 Å². The molecule has 1 fully saturated rings. The van der Waals surface area contributed by atoms with Crippen molar-refractivity contribution in [2.45, 2.75) is 32.1 Å². The van der Waals surface area contributed by atoms with E-state index in [2.05, 4.69) is 9.98 Å². The minimum absolute atomic E-state index is 0.120. The molecule has 1 aromatic heterocycles. The van der Waals surface area contributed by atoms with Gasteiger partial charge in [-0.3, -0.25) is 9.79 Å². The van der Waals surface area contributed by atoms with Crippen LogP contribution in [0.2, 0.25) is 0 Å². The first-order valence-electron chi connectivity index (χ1n) is 8.07. The molecule has 1 amide bonds. The molecule has 0 unspecified atom stereocenters. The van der Waals surface area contributed by atoms with E-state index in [1.54, 1.807) is 31.3 Å². The standard InChI is InChI=1S/C17H23F2N5O/c1-11-13(12(8-20)9-22-2)10-23-16(14(11)15(21)25)24-6-3-4-17(18,19)5-7-24/h8-10H,3-7,20H2,1-2H3,(H2,21,25)/b12-8+,22-9?. The molecule has 8 heteroatoms. The van der Waals surface area contributed by atoms with Crippen molar-refractivity contribution in [2.24, 2.45) is 16.5 Å². The third-order valence-electron chi connectivity index (χ3n) is 4.34. The lowest BCUT2D eigenvalue weighted by Crippen LogP contribution is -2.30. The van der Waals surface area contributed by atoms with Crippen molar-refractivity contribution >= 4 is 23.5 Å². The fourth-order valence-corrected chi connectivity index (χ4v) is 3.03. The summed E-state index contributed by atoms with van der Waals surface area (Å²) in [6.45, 7) is 2.26. The average molecular weight is 351 g/mol. The molecule has 1 aromatic rings. The van der Waals surface area contributed by atoms with Gasteiger partial charge in [0.25, 0.3) is 5.91 Å². The normalized spacial score (nSPS) is 18.4. The van der Waals surface area contributed by atoms with Gasteiger partial charge in [-0.25, -0.2) is 13.8 Å². The number of pyridine rings is 1. The number of nitrogens with zero attached hydrogens (tertiary/aromatic N) is 3. The number of carbonyl (C=O) groups is 1. The highest BCUT2D eigenvalue weighted by atomic mass is 19.3. The number of allylic oxidation sites excluding steroid dienone is 1. The largest absolute Gasteiger partial charge is 0.404 e. The molecule has 1 aliphatic rings. The van der Waals surface area contributed by atoms with Crippen molar-refractivity contribution in [1.82, 2.24) is 4.98 Å². The third-order valence-corrected chi connectivity index (χ3v) is 4.34. The van der Waals surface area contributed by atoms with Crippen molar-refractivity contribution < 1.29 is 13.6 Å². The zero-order chi connectivity index (χ0) is 18.6. The fourth-order valence-electron chi connectivity index (χ4n) is 3.03. The van der Waals surface area contributed by atoms with Gasteiger partial charge >= 0.3 is 0 Å². The Morgan fingerprint density at radius 3 is 2.72 bits per heavy atom. The van der Waals surface area contributed by atoms with Gasteiger partial charge < -0.3 is 16.4 Å². The van der Waals surface area contributed by atoms with E-state index in [0.717, 1.165) is 0 Å². The first-order valence-corrected chi connectivity index (χ1v) is 8.07. The molecule has 0 atom stereocenters. The van der Waals surface area contributed by atoms with Gasteiger partial charge in [0.05, 0.1) is 5.56 Å². The second-order valence-corrected chi connectivity index (χ2v) is 6.07. The Morgan fingerprint density at radius 1 is 1.40 bits per heavy atom.